The molecule has 0 saturated carbocycles. The van der Waals surface area contributed by atoms with E-state index < -0.39 is 5.97 Å². The van der Waals surface area contributed by atoms with E-state index in [2.05, 4.69) is 5.32 Å². The first-order chi connectivity index (χ1) is 7.27. The highest BCUT2D eigenvalue weighted by atomic mass is 32.1. The lowest BCUT2D eigenvalue weighted by molar-refractivity contribution is -0.138. The Morgan fingerprint density at radius 1 is 1.80 bits per heavy atom. The number of thiophene rings is 1. The van der Waals surface area contributed by atoms with Crippen LogP contribution in [0.1, 0.15) is 6.92 Å². The molecule has 5 heteroatoms. The summed E-state index contributed by atoms with van der Waals surface area (Å²) in [4.78, 5) is 11.2. The molecule has 1 aromatic heterocycles. The normalized spacial score (nSPS) is 10.5. The Balaban J connectivity index is 2.63. The van der Waals surface area contributed by atoms with E-state index in [0.717, 1.165) is 5.00 Å². The van der Waals surface area contributed by atoms with Crippen LogP contribution >= 0.6 is 11.3 Å². The summed E-state index contributed by atoms with van der Waals surface area (Å²) >= 11 is 1.48. The lowest BCUT2D eigenvalue weighted by Crippen LogP contribution is -2.07. The molecule has 0 radical (unpaired) electrons. The number of nitrogens with zero attached hydrogens (tertiary/aromatic N) is 1. The summed E-state index contributed by atoms with van der Waals surface area (Å²) in [6.07, 6.45) is 1.35. The molecule has 0 fully saturated rings. The number of hydrogen-bond acceptors (Lipinski definition) is 5. The third kappa shape index (κ3) is 3.44. The van der Waals surface area contributed by atoms with Gasteiger partial charge in [0.25, 0.3) is 0 Å². The Morgan fingerprint density at radius 3 is 3.13 bits per heavy atom. The molecule has 0 bridgehead atoms. The zero-order valence-corrected chi connectivity index (χ0v) is 9.00. The summed E-state index contributed by atoms with van der Waals surface area (Å²) in [7, 11) is 0. The monoisotopic (exact) mass is 222 g/mol. The maximum absolute atomic E-state index is 11.2. The quantitative estimate of drug-likeness (QED) is 0.481. The number of hydrogen-bond donors (Lipinski definition) is 1. The Morgan fingerprint density at radius 2 is 2.60 bits per heavy atom. The molecule has 78 valence electrons. The standard InChI is InChI=1S/C10H10N2O2S/c1-2-14-10(13)8(6-11)7-12-9-4-3-5-15-9/h3-5,7,12H,2H2,1H3/b8-7-. The first kappa shape index (κ1) is 11.3. The molecule has 1 N–H and O–H groups in total. The molecule has 0 aliphatic carbocycles. The van der Waals surface area contributed by atoms with Gasteiger partial charge < -0.3 is 10.1 Å². The first-order valence-electron chi connectivity index (χ1n) is 4.35. The lowest BCUT2D eigenvalue weighted by atomic mass is 10.3. The topological polar surface area (TPSA) is 62.1 Å². The first-order valence-corrected chi connectivity index (χ1v) is 5.23. The van der Waals surface area contributed by atoms with E-state index in [1.807, 2.05) is 17.5 Å². The van der Waals surface area contributed by atoms with E-state index in [9.17, 15) is 4.79 Å². The minimum atomic E-state index is -0.607. The highest BCUT2D eigenvalue weighted by molar-refractivity contribution is 7.14. The fraction of sp³-hybridized carbons (Fsp3) is 0.200. The molecule has 15 heavy (non-hydrogen) atoms. The fourth-order valence-corrected chi connectivity index (χ4v) is 1.44. The molecule has 0 saturated heterocycles. The molecule has 1 heterocycles. The van der Waals surface area contributed by atoms with E-state index in [1.165, 1.54) is 17.5 Å². The molecule has 0 unspecified atom stereocenters. The Hall–Kier alpha value is -1.80. The van der Waals surface area contributed by atoms with E-state index in [-0.39, 0.29) is 12.2 Å². The number of carbonyl (C=O) groups excluding carboxylic acids is 1. The van der Waals surface area contributed by atoms with E-state index >= 15 is 0 Å². The third-order valence-electron chi connectivity index (χ3n) is 1.50. The van der Waals surface area contributed by atoms with Gasteiger partial charge in [-0.05, 0) is 24.4 Å². The van der Waals surface area contributed by atoms with Crippen molar-refractivity contribution >= 4 is 22.3 Å². The Kier molecular flexibility index (Phi) is 4.38. The molecular weight excluding hydrogens is 212 g/mol. The fourth-order valence-electron chi connectivity index (χ4n) is 0.850. The number of esters is 1. The molecule has 0 aliphatic heterocycles. The van der Waals surface area contributed by atoms with Crippen molar-refractivity contribution in [3.63, 3.8) is 0 Å². The van der Waals surface area contributed by atoms with Gasteiger partial charge in [0.2, 0.25) is 0 Å². The van der Waals surface area contributed by atoms with E-state index in [1.54, 1.807) is 13.0 Å². The number of anilines is 1. The molecule has 0 aromatic carbocycles. The highest BCUT2D eigenvalue weighted by Gasteiger charge is 2.08. The van der Waals surface area contributed by atoms with Crippen molar-refractivity contribution in [2.45, 2.75) is 6.92 Å². The SMILES string of the molecule is CCOC(=O)/C(C#N)=C\Nc1cccs1. The van der Waals surface area contributed by atoms with E-state index in [4.69, 9.17) is 10.00 Å². The van der Waals surface area contributed by atoms with Crippen molar-refractivity contribution in [2.75, 3.05) is 11.9 Å². The predicted octanol–water partition coefficient (Wildman–Crippen LogP) is 2.13. The number of carbonyl (C=O) groups is 1. The predicted molar refractivity (Wildman–Crippen MR) is 58.3 cm³/mol. The van der Waals surface area contributed by atoms with Crippen molar-refractivity contribution in [3.8, 4) is 6.07 Å². The smallest absolute Gasteiger partial charge is 0.350 e. The van der Waals surface area contributed by atoms with Crippen molar-refractivity contribution in [1.29, 1.82) is 5.26 Å². The van der Waals surface area contributed by atoms with Gasteiger partial charge in [-0.1, -0.05) is 0 Å². The minimum absolute atomic E-state index is 0.0368. The van der Waals surface area contributed by atoms with Gasteiger partial charge in [-0.15, -0.1) is 11.3 Å². The summed E-state index contributed by atoms with van der Waals surface area (Å²) in [5.41, 5.74) is -0.0368. The van der Waals surface area contributed by atoms with Crippen LogP contribution in [0.2, 0.25) is 0 Å². The summed E-state index contributed by atoms with van der Waals surface area (Å²) < 4.78 is 4.70. The Bertz CT molecular complexity index is 390. The van der Waals surface area contributed by atoms with Crippen LogP contribution < -0.4 is 5.32 Å². The highest BCUT2D eigenvalue weighted by Crippen LogP contribution is 2.15. The van der Waals surface area contributed by atoms with Crippen LogP contribution in [0.5, 0.6) is 0 Å². The van der Waals surface area contributed by atoms with Crippen LogP contribution in [-0.4, -0.2) is 12.6 Å². The van der Waals surface area contributed by atoms with Crippen molar-refractivity contribution in [3.05, 3.63) is 29.3 Å². The van der Waals surface area contributed by atoms with Gasteiger partial charge in [-0.2, -0.15) is 5.26 Å². The number of nitriles is 1. The zero-order chi connectivity index (χ0) is 11.1. The van der Waals surface area contributed by atoms with Gasteiger partial charge in [0.1, 0.15) is 6.07 Å². The van der Waals surface area contributed by atoms with Gasteiger partial charge >= 0.3 is 5.97 Å². The summed E-state index contributed by atoms with van der Waals surface area (Å²) in [5, 5.41) is 14.3. The second-order valence-electron chi connectivity index (χ2n) is 2.51. The summed E-state index contributed by atoms with van der Waals surface area (Å²) in [6, 6.07) is 5.50. The van der Waals surface area contributed by atoms with Crippen LogP contribution in [0.15, 0.2) is 29.3 Å². The number of rotatable bonds is 4. The van der Waals surface area contributed by atoms with Crippen molar-refractivity contribution in [2.24, 2.45) is 0 Å². The zero-order valence-electron chi connectivity index (χ0n) is 8.19. The maximum atomic E-state index is 11.2. The number of ether oxygens (including phenoxy) is 1. The van der Waals surface area contributed by atoms with Gasteiger partial charge in [0.05, 0.1) is 11.6 Å². The molecule has 0 aliphatic rings. The van der Waals surface area contributed by atoms with Crippen LogP contribution in [0.25, 0.3) is 0 Å². The molecule has 4 nitrogen and oxygen atoms in total. The largest absolute Gasteiger partial charge is 0.462 e. The third-order valence-corrected chi connectivity index (χ3v) is 2.30. The van der Waals surface area contributed by atoms with Crippen molar-refractivity contribution in [1.82, 2.24) is 0 Å². The van der Waals surface area contributed by atoms with Crippen molar-refractivity contribution < 1.29 is 9.53 Å². The molecule has 0 amide bonds. The molecule has 0 atom stereocenters. The average Bonchev–Trinajstić information content (AvgIpc) is 2.72. The minimum Gasteiger partial charge on any atom is -0.462 e. The van der Waals surface area contributed by atoms with Crippen LogP contribution in [-0.2, 0) is 9.53 Å². The molecule has 0 spiro atoms. The maximum Gasteiger partial charge on any atom is 0.350 e. The average molecular weight is 222 g/mol. The molecule has 1 aromatic rings. The van der Waals surface area contributed by atoms with Crippen LogP contribution in [0.4, 0.5) is 5.00 Å². The second-order valence-corrected chi connectivity index (χ2v) is 3.46. The van der Waals surface area contributed by atoms with Gasteiger partial charge in [-0.3, -0.25) is 0 Å². The lowest BCUT2D eigenvalue weighted by Gasteiger charge is -1.99. The van der Waals surface area contributed by atoms with Crippen LogP contribution in [0, 0.1) is 11.3 Å². The summed E-state index contributed by atoms with van der Waals surface area (Å²) in [5.74, 6) is -0.607. The second kappa shape index (κ2) is 5.83. The summed E-state index contributed by atoms with van der Waals surface area (Å²) in [6.45, 7) is 1.95. The molecular formula is C10H10N2O2S. The van der Waals surface area contributed by atoms with Gasteiger partial charge in [0.15, 0.2) is 5.57 Å². The number of nitrogens with one attached hydrogen (secondary N) is 1. The Labute approximate surface area is 91.8 Å². The van der Waals surface area contributed by atoms with E-state index in [0.29, 0.717) is 0 Å². The van der Waals surface area contributed by atoms with Gasteiger partial charge in [0, 0.05) is 6.20 Å². The van der Waals surface area contributed by atoms with Crippen LogP contribution in [0.3, 0.4) is 0 Å². The molecule has 1 rings (SSSR count). The van der Waals surface area contributed by atoms with Gasteiger partial charge in [-0.25, -0.2) is 4.79 Å².